The standard InChI is InChI=1S/C15H26N2O3S/c1-4-9-16-11-8-13-12-14(20-3)6-7-15(13)21(18,19)17-10-5-2/h6-7,12,16-17H,4-5,8-11H2,1-3H3. The van der Waals surface area contributed by atoms with E-state index in [2.05, 4.69) is 17.0 Å². The molecule has 1 rings (SSSR count). The molecule has 0 fully saturated rings. The molecule has 0 radical (unpaired) electrons. The van der Waals surface area contributed by atoms with Crippen molar-refractivity contribution in [1.29, 1.82) is 0 Å². The van der Waals surface area contributed by atoms with Gasteiger partial charge in [0.1, 0.15) is 5.75 Å². The van der Waals surface area contributed by atoms with E-state index >= 15 is 0 Å². The average Bonchev–Trinajstić information content (AvgIpc) is 2.49. The molecular weight excluding hydrogens is 288 g/mol. The smallest absolute Gasteiger partial charge is 0.240 e. The van der Waals surface area contributed by atoms with Crippen molar-refractivity contribution < 1.29 is 13.2 Å². The third-order valence-corrected chi connectivity index (χ3v) is 4.66. The van der Waals surface area contributed by atoms with Crippen molar-refractivity contribution in [2.24, 2.45) is 0 Å². The first-order valence-corrected chi connectivity index (χ1v) is 8.90. The zero-order chi connectivity index (χ0) is 15.7. The van der Waals surface area contributed by atoms with Crippen LogP contribution in [0.4, 0.5) is 0 Å². The molecule has 0 atom stereocenters. The minimum atomic E-state index is -3.45. The van der Waals surface area contributed by atoms with E-state index in [-0.39, 0.29) is 0 Å². The summed E-state index contributed by atoms with van der Waals surface area (Å²) in [5.74, 6) is 0.676. The lowest BCUT2D eigenvalue weighted by molar-refractivity contribution is 0.413. The molecule has 0 bridgehead atoms. The fourth-order valence-electron chi connectivity index (χ4n) is 1.98. The molecule has 21 heavy (non-hydrogen) atoms. The zero-order valence-corrected chi connectivity index (χ0v) is 13.9. The van der Waals surface area contributed by atoms with Gasteiger partial charge in [-0.05, 0) is 56.1 Å². The molecule has 0 saturated carbocycles. The van der Waals surface area contributed by atoms with Gasteiger partial charge in [-0.3, -0.25) is 0 Å². The van der Waals surface area contributed by atoms with Crippen LogP contribution < -0.4 is 14.8 Å². The van der Waals surface area contributed by atoms with Gasteiger partial charge in [-0.15, -0.1) is 0 Å². The third-order valence-electron chi connectivity index (χ3n) is 3.10. The number of hydrogen-bond acceptors (Lipinski definition) is 4. The molecule has 6 heteroatoms. The lowest BCUT2D eigenvalue weighted by atomic mass is 10.1. The molecule has 0 aliphatic carbocycles. The zero-order valence-electron chi connectivity index (χ0n) is 13.1. The molecule has 0 heterocycles. The van der Waals surface area contributed by atoms with E-state index in [1.165, 1.54) is 0 Å². The van der Waals surface area contributed by atoms with E-state index in [0.717, 1.165) is 31.5 Å². The van der Waals surface area contributed by atoms with Crippen molar-refractivity contribution >= 4 is 10.0 Å². The molecule has 0 unspecified atom stereocenters. The van der Waals surface area contributed by atoms with E-state index in [4.69, 9.17) is 4.74 Å². The number of nitrogens with one attached hydrogen (secondary N) is 2. The van der Waals surface area contributed by atoms with E-state index in [1.54, 1.807) is 25.3 Å². The van der Waals surface area contributed by atoms with Crippen LogP contribution in [0.1, 0.15) is 32.3 Å². The molecule has 0 aliphatic heterocycles. The van der Waals surface area contributed by atoms with Gasteiger partial charge in [-0.25, -0.2) is 13.1 Å². The summed E-state index contributed by atoms with van der Waals surface area (Å²) < 4.78 is 32.5. The molecule has 0 spiro atoms. The first-order valence-electron chi connectivity index (χ1n) is 7.42. The largest absolute Gasteiger partial charge is 0.497 e. The van der Waals surface area contributed by atoms with Crippen LogP contribution in [-0.4, -0.2) is 35.2 Å². The van der Waals surface area contributed by atoms with Crippen LogP contribution in [0.5, 0.6) is 5.75 Å². The first kappa shape index (κ1) is 17.9. The molecule has 0 aliphatic rings. The highest BCUT2D eigenvalue weighted by Gasteiger charge is 2.18. The molecule has 1 aromatic carbocycles. The summed E-state index contributed by atoms with van der Waals surface area (Å²) in [5, 5.41) is 3.29. The fraction of sp³-hybridized carbons (Fsp3) is 0.600. The minimum absolute atomic E-state index is 0.343. The SMILES string of the molecule is CCCNCCc1cc(OC)ccc1S(=O)(=O)NCCC. The van der Waals surface area contributed by atoms with Crippen LogP contribution >= 0.6 is 0 Å². The number of benzene rings is 1. The van der Waals surface area contributed by atoms with E-state index in [1.807, 2.05) is 6.92 Å². The maximum absolute atomic E-state index is 12.3. The molecule has 0 saturated heterocycles. The molecule has 0 amide bonds. The van der Waals surface area contributed by atoms with E-state index < -0.39 is 10.0 Å². The maximum Gasteiger partial charge on any atom is 0.240 e. The van der Waals surface area contributed by atoms with Gasteiger partial charge in [-0.1, -0.05) is 13.8 Å². The highest BCUT2D eigenvalue weighted by molar-refractivity contribution is 7.89. The average molecular weight is 314 g/mol. The van der Waals surface area contributed by atoms with Gasteiger partial charge < -0.3 is 10.1 Å². The van der Waals surface area contributed by atoms with Crippen molar-refractivity contribution in [3.8, 4) is 5.75 Å². The monoisotopic (exact) mass is 314 g/mol. The molecular formula is C15H26N2O3S. The fourth-order valence-corrected chi connectivity index (χ4v) is 3.36. The summed E-state index contributed by atoms with van der Waals surface area (Å²) >= 11 is 0. The number of hydrogen-bond donors (Lipinski definition) is 2. The molecule has 2 N–H and O–H groups in total. The molecule has 5 nitrogen and oxygen atoms in total. The van der Waals surface area contributed by atoms with Crippen LogP contribution in [-0.2, 0) is 16.4 Å². The van der Waals surface area contributed by atoms with Crippen LogP contribution in [0, 0.1) is 0 Å². The highest BCUT2D eigenvalue weighted by Crippen LogP contribution is 2.22. The van der Waals surface area contributed by atoms with Crippen molar-refractivity contribution in [3.05, 3.63) is 23.8 Å². The lowest BCUT2D eigenvalue weighted by Gasteiger charge is -2.13. The maximum atomic E-state index is 12.3. The summed E-state index contributed by atoms with van der Waals surface area (Å²) in [7, 11) is -1.87. The van der Waals surface area contributed by atoms with Crippen LogP contribution in [0.15, 0.2) is 23.1 Å². The summed E-state index contributed by atoms with van der Waals surface area (Å²) in [6.07, 6.45) is 2.48. The third kappa shape index (κ3) is 5.65. The predicted molar refractivity (Wildman–Crippen MR) is 85.3 cm³/mol. The van der Waals surface area contributed by atoms with Crippen molar-refractivity contribution in [2.45, 2.75) is 38.0 Å². The Morgan fingerprint density at radius 2 is 1.81 bits per heavy atom. The first-order chi connectivity index (χ1) is 10.0. The topological polar surface area (TPSA) is 67.4 Å². The minimum Gasteiger partial charge on any atom is -0.497 e. The molecule has 1 aromatic rings. The van der Waals surface area contributed by atoms with Crippen molar-refractivity contribution in [2.75, 3.05) is 26.7 Å². The van der Waals surface area contributed by atoms with Gasteiger partial charge in [0.15, 0.2) is 0 Å². The number of sulfonamides is 1. The predicted octanol–water partition coefficient (Wildman–Crippen LogP) is 1.93. The van der Waals surface area contributed by atoms with E-state index in [0.29, 0.717) is 23.6 Å². The highest BCUT2D eigenvalue weighted by atomic mass is 32.2. The van der Waals surface area contributed by atoms with E-state index in [9.17, 15) is 8.42 Å². The molecule has 0 aromatic heterocycles. The van der Waals surface area contributed by atoms with Gasteiger partial charge >= 0.3 is 0 Å². The Labute approximate surface area is 128 Å². The summed E-state index contributed by atoms with van der Waals surface area (Å²) in [6.45, 7) is 6.16. The Balaban J connectivity index is 2.95. The quantitative estimate of drug-likeness (QED) is 0.648. The number of methoxy groups -OCH3 is 1. The second kappa shape index (κ2) is 9.02. The van der Waals surface area contributed by atoms with Crippen LogP contribution in [0.3, 0.4) is 0 Å². The second-order valence-electron chi connectivity index (χ2n) is 4.87. The molecule has 120 valence electrons. The Hall–Kier alpha value is -1.11. The normalized spacial score (nSPS) is 11.6. The number of rotatable bonds is 10. The Morgan fingerprint density at radius 3 is 2.43 bits per heavy atom. The number of ether oxygens (including phenoxy) is 1. The lowest BCUT2D eigenvalue weighted by Crippen LogP contribution is -2.26. The summed E-state index contributed by atoms with van der Waals surface area (Å²) in [5.41, 5.74) is 0.779. The van der Waals surface area contributed by atoms with Crippen LogP contribution in [0.25, 0.3) is 0 Å². The Morgan fingerprint density at radius 1 is 1.10 bits per heavy atom. The van der Waals surface area contributed by atoms with Gasteiger partial charge in [0.25, 0.3) is 0 Å². The van der Waals surface area contributed by atoms with Gasteiger partial charge in [0.05, 0.1) is 12.0 Å². The summed E-state index contributed by atoms with van der Waals surface area (Å²) in [4.78, 5) is 0.343. The van der Waals surface area contributed by atoms with Crippen LogP contribution in [0.2, 0.25) is 0 Å². The van der Waals surface area contributed by atoms with Crippen molar-refractivity contribution in [3.63, 3.8) is 0 Å². The Bertz CT molecular complexity index is 530. The van der Waals surface area contributed by atoms with Crippen molar-refractivity contribution in [1.82, 2.24) is 10.0 Å². The summed E-state index contributed by atoms with van der Waals surface area (Å²) in [6, 6.07) is 5.10. The second-order valence-corrected chi connectivity index (χ2v) is 6.61. The van der Waals surface area contributed by atoms with Gasteiger partial charge in [0, 0.05) is 6.54 Å². The van der Waals surface area contributed by atoms with Gasteiger partial charge in [-0.2, -0.15) is 0 Å². The van der Waals surface area contributed by atoms with Gasteiger partial charge in [0.2, 0.25) is 10.0 Å². The Kier molecular flexibility index (Phi) is 7.71.